The van der Waals surface area contributed by atoms with Gasteiger partial charge in [-0.15, -0.1) is 0 Å². The maximum Gasteiger partial charge on any atom is 0.233 e. The second-order valence-electron chi connectivity index (χ2n) is 10.8. The molecule has 1 aromatic carbocycles. The Bertz CT molecular complexity index is 1030. The van der Waals surface area contributed by atoms with Gasteiger partial charge in [0.2, 0.25) is 17.8 Å². The van der Waals surface area contributed by atoms with Gasteiger partial charge >= 0.3 is 0 Å². The molecule has 0 spiro atoms. The van der Waals surface area contributed by atoms with Crippen LogP contribution in [0.5, 0.6) is 0 Å². The molecule has 1 atom stereocenters. The molecule has 236 valence electrons. The second kappa shape index (κ2) is 18.1. The van der Waals surface area contributed by atoms with E-state index in [1.807, 2.05) is 26.2 Å². The molecule has 14 heteroatoms. The largest absolute Gasteiger partial charge is 0.395 e. The summed E-state index contributed by atoms with van der Waals surface area (Å²) < 4.78 is 0. The molecule has 0 bridgehead atoms. The van der Waals surface area contributed by atoms with Crippen molar-refractivity contribution in [2.75, 3.05) is 128 Å². The molecule has 2 aromatic rings. The number of aliphatic hydroxyl groups excluding tert-OH is 4. The summed E-state index contributed by atoms with van der Waals surface area (Å²) in [6, 6.07) is 8.21. The van der Waals surface area contributed by atoms with Gasteiger partial charge in [0.05, 0.1) is 26.4 Å². The molecule has 7 N–H and O–H groups in total. The number of aliphatic hydroxyl groups is 4. The lowest BCUT2D eigenvalue weighted by molar-refractivity contribution is 0.0699. The summed E-state index contributed by atoms with van der Waals surface area (Å²) in [7, 11) is 3.68. The molecule has 1 aliphatic heterocycles. The van der Waals surface area contributed by atoms with Gasteiger partial charge in [0.15, 0.2) is 0 Å². The van der Waals surface area contributed by atoms with Gasteiger partial charge < -0.3 is 36.4 Å². The van der Waals surface area contributed by atoms with E-state index in [4.69, 9.17) is 5.73 Å². The normalized spacial score (nSPS) is 18.9. The van der Waals surface area contributed by atoms with Gasteiger partial charge in [0, 0.05) is 97.8 Å². The van der Waals surface area contributed by atoms with Crippen LogP contribution in [0, 0.1) is 0 Å². The van der Waals surface area contributed by atoms with Crippen molar-refractivity contribution in [3.05, 3.63) is 29.8 Å². The smallest absolute Gasteiger partial charge is 0.233 e. The van der Waals surface area contributed by atoms with E-state index in [1.54, 1.807) is 4.90 Å². The molecule has 2 heterocycles. The monoisotopic (exact) mass is 590 g/mol. The highest BCUT2D eigenvalue weighted by Gasteiger charge is 2.24. The van der Waals surface area contributed by atoms with Crippen LogP contribution < -0.4 is 16.0 Å². The third-order valence-electron chi connectivity index (χ3n) is 7.51. The SMILES string of the molecule is CN(C)c1nc(N)nc(Nc2ccc(CC3CN(CCO)CCN(CCO)CCN(CCO)CCN3CCO)cc2)n1. The summed E-state index contributed by atoms with van der Waals surface area (Å²) in [4.78, 5) is 23.6. The Balaban J connectivity index is 1.79. The lowest BCUT2D eigenvalue weighted by Crippen LogP contribution is -2.52. The van der Waals surface area contributed by atoms with E-state index in [1.165, 1.54) is 0 Å². The topological polar surface area (TPSA) is 174 Å². The molecule has 0 radical (unpaired) electrons. The zero-order valence-electron chi connectivity index (χ0n) is 25.1. The van der Waals surface area contributed by atoms with E-state index in [-0.39, 0.29) is 38.4 Å². The van der Waals surface area contributed by atoms with Crippen molar-refractivity contribution in [3.8, 4) is 0 Å². The maximum absolute atomic E-state index is 9.96. The number of benzene rings is 1. The van der Waals surface area contributed by atoms with Crippen LogP contribution in [-0.4, -0.2) is 174 Å². The van der Waals surface area contributed by atoms with Crippen LogP contribution in [-0.2, 0) is 6.42 Å². The lowest BCUT2D eigenvalue weighted by Gasteiger charge is -2.38. The van der Waals surface area contributed by atoms with Gasteiger partial charge in [0.25, 0.3) is 0 Å². The molecular formula is C28H50N10O4. The first kappa shape index (κ1) is 33.8. The molecule has 0 amide bonds. The quantitative estimate of drug-likeness (QED) is 0.157. The highest BCUT2D eigenvalue weighted by Crippen LogP contribution is 2.19. The molecular weight excluding hydrogens is 540 g/mol. The number of anilines is 4. The van der Waals surface area contributed by atoms with Crippen LogP contribution in [0.1, 0.15) is 5.56 Å². The fourth-order valence-electron chi connectivity index (χ4n) is 5.20. The van der Waals surface area contributed by atoms with E-state index in [9.17, 15) is 20.4 Å². The molecule has 0 aliphatic carbocycles. The zero-order chi connectivity index (χ0) is 30.3. The Labute approximate surface area is 249 Å². The number of β-amino-alcohol motifs (C(OH)–C–C–N with tert-alkyl or cyclic N) is 4. The third kappa shape index (κ3) is 11.2. The van der Waals surface area contributed by atoms with E-state index < -0.39 is 0 Å². The van der Waals surface area contributed by atoms with Crippen LogP contribution in [0.15, 0.2) is 24.3 Å². The van der Waals surface area contributed by atoms with Crippen molar-refractivity contribution < 1.29 is 20.4 Å². The van der Waals surface area contributed by atoms with Crippen LogP contribution in [0.25, 0.3) is 0 Å². The Morgan fingerprint density at radius 2 is 1.31 bits per heavy atom. The van der Waals surface area contributed by atoms with Crippen molar-refractivity contribution in [1.29, 1.82) is 0 Å². The van der Waals surface area contributed by atoms with Gasteiger partial charge in [-0.25, -0.2) is 0 Å². The fourth-order valence-corrected chi connectivity index (χ4v) is 5.20. The summed E-state index contributed by atoms with van der Waals surface area (Å²) in [6.45, 7) is 7.91. The maximum atomic E-state index is 9.96. The number of nitrogens with one attached hydrogen (secondary N) is 1. The molecule has 1 fully saturated rings. The van der Waals surface area contributed by atoms with Crippen molar-refractivity contribution in [2.24, 2.45) is 0 Å². The van der Waals surface area contributed by atoms with E-state index >= 15 is 0 Å². The fraction of sp³-hybridized carbons (Fsp3) is 0.679. The molecule has 1 aromatic heterocycles. The van der Waals surface area contributed by atoms with Crippen LogP contribution in [0.3, 0.4) is 0 Å². The highest BCUT2D eigenvalue weighted by molar-refractivity contribution is 5.55. The van der Waals surface area contributed by atoms with Gasteiger partial charge in [-0.2, -0.15) is 15.0 Å². The molecule has 0 saturated carbocycles. The predicted molar refractivity (Wildman–Crippen MR) is 165 cm³/mol. The number of hydrogen-bond donors (Lipinski definition) is 6. The first-order chi connectivity index (χ1) is 20.3. The molecule has 14 nitrogen and oxygen atoms in total. The lowest BCUT2D eigenvalue weighted by atomic mass is 10.0. The minimum atomic E-state index is 0.0492. The van der Waals surface area contributed by atoms with E-state index in [2.05, 4.69) is 52.0 Å². The van der Waals surface area contributed by atoms with Gasteiger partial charge in [-0.05, 0) is 24.1 Å². The van der Waals surface area contributed by atoms with E-state index in [0.717, 1.165) is 63.5 Å². The Kier molecular flexibility index (Phi) is 14.6. The summed E-state index contributed by atoms with van der Waals surface area (Å²) in [5, 5.41) is 42.2. The number of aromatic nitrogens is 3. The minimum absolute atomic E-state index is 0.0492. The number of nitrogens with two attached hydrogens (primary N) is 1. The summed E-state index contributed by atoms with van der Waals surface area (Å²) in [5.41, 5.74) is 7.83. The van der Waals surface area contributed by atoms with Crippen LogP contribution in [0.2, 0.25) is 0 Å². The molecule has 1 unspecified atom stereocenters. The number of nitrogens with zero attached hydrogens (tertiary/aromatic N) is 8. The standard InChI is InChI=1S/C28H50N10O4/c1-34(2)28-32-26(29)31-27(33-28)30-24-5-3-23(4-6-24)21-25-22-37(15-19-41)10-9-35(13-17-39)7-8-36(14-18-40)11-12-38(25)16-20-42/h3-6,25,39-42H,7-22H2,1-2H3,(H3,29,30,31,32,33). The summed E-state index contributed by atoms with van der Waals surface area (Å²) in [6.07, 6.45) is 0.756. The van der Waals surface area contributed by atoms with Crippen LogP contribution >= 0.6 is 0 Å². The van der Waals surface area contributed by atoms with Crippen molar-refractivity contribution in [3.63, 3.8) is 0 Å². The Hall–Kier alpha value is -2.69. The number of nitrogen functional groups attached to an aromatic ring is 1. The number of hydrogen-bond acceptors (Lipinski definition) is 14. The van der Waals surface area contributed by atoms with E-state index in [0.29, 0.717) is 38.1 Å². The number of rotatable bonds is 13. The predicted octanol–water partition coefficient (Wildman–Crippen LogP) is -1.63. The van der Waals surface area contributed by atoms with Gasteiger partial charge in [-0.1, -0.05) is 12.1 Å². The average Bonchev–Trinajstić information content (AvgIpc) is 2.96. The molecule has 42 heavy (non-hydrogen) atoms. The molecule has 1 aliphatic rings. The van der Waals surface area contributed by atoms with Crippen molar-refractivity contribution in [1.82, 2.24) is 34.6 Å². The second-order valence-corrected chi connectivity index (χ2v) is 10.8. The van der Waals surface area contributed by atoms with Crippen LogP contribution in [0.4, 0.5) is 23.5 Å². The Morgan fingerprint density at radius 3 is 1.88 bits per heavy atom. The third-order valence-corrected chi connectivity index (χ3v) is 7.51. The first-order valence-corrected chi connectivity index (χ1v) is 14.7. The van der Waals surface area contributed by atoms with Crippen molar-refractivity contribution >= 4 is 23.5 Å². The summed E-state index contributed by atoms with van der Waals surface area (Å²) in [5.74, 6) is 0.982. The van der Waals surface area contributed by atoms with Gasteiger partial charge in [0.1, 0.15) is 0 Å². The minimum Gasteiger partial charge on any atom is -0.395 e. The first-order valence-electron chi connectivity index (χ1n) is 14.7. The zero-order valence-corrected chi connectivity index (χ0v) is 25.1. The highest BCUT2D eigenvalue weighted by atomic mass is 16.3. The Morgan fingerprint density at radius 1 is 0.762 bits per heavy atom. The summed E-state index contributed by atoms with van der Waals surface area (Å²) >= 11 is 0. The molecule has 1 saturated heterocycles. The average molecular weight is 591 g/mol. The van der Waals surface area contributed by atoms with Crippen molar-refractivity contribution in [2.45, 2.75) is 12.5 Å². The molecule has 3 rings (SSSR count). The van der Waals surface area contributed by atoms with Gasteiger partial charge in [-0.3, -0.25) is 19.6 Å².